The van der Waals surface area contributed by atoms with Crippen molar-refractivity contribution in [2.24, 2.45) is 17.3 Å². The maximum Gasteiger partial charge on any atom is 0.324 e. The van der Waals surface area contributed by atoms with Crippen molar-refractivity contribution in [2.75, 3.05) is 47.0 Å². The number of fused-ring (bicyclic) bond motifs is 6. The number of carbonyl (C=O) groups excluding carboxylic acids is 5. The lowest BCUT2D eigenvalue weighted by Gasteiger charge is -2.37. The molecule has 8 rings (SSSR count). The Hall–Kier alpha value is -6.08. The van der Waals surface area contributed by atoms with Crippen LogP contribution in [0.3, 0.4) is 0 Å². The largest absolute Gasteiger partial charge is 0.464 e. The van der Waals surface area contributed by atoms with Crippen molar-refractivity contribution >= 4 is 40.5 Å². The summed E-state index contributed by atoms with van der Waals surface area (Å²) in [7, 11) is 3.30. The van der Waals surface area contributed by atoms with Crippen molar-refractivity contribution in [1.29, 1.82) is 0 Å². The number of ether oxygens (including phenoxy) is 3. The number of pyridine rings is 1. The normalized spacial score (nSPS) is 22.5. The number of aromatic nitrogens is 2. The molecule has 0 spiro atoms. The maximum atomic E-state index is 14.8. The maximum absolute atomic E-state index is 14.8. The van der Waals surface area contributed by atoms with E-state index in [1.165, 1.54) is 9.91 Å². The standard InChI is InChI=1S/C55H69N7O8/c1-9-61-46-21-19-38-30-42(46)43(50(61)41-17-11-24-56-48(41)35(4)68-8)31-55(5,6)33-70-54(67)44-18-12-25-62(58-44)53(66)45(29-36-14-10-15-37(38)28-36)57-51(64)49(34(2)3)59(7)52(65)39-23-26-60(32-39)47(63)22-20-40-16-13-27-69-40/h10-11,14-15,17,19,21,24,28,30,34-35,39-40,44-45,49,58H,9,12-13,16,18,23,25-27,29,31-33H2,1-8H3,(H,57,64)/t35-,39-,40+,44-,45-,49-/m0/s1. The Bertz CT molecular complexity index is 2680. The number of methoxy groups -OCH3 is 1. The van der Waals surface area contributed by atoms with Crippen molar-refractivity contribution in [3.63, 3.8) is 0 Å². The van der Waals surface area contributed by atoms with E-state index >= 15 is 0 Å². The molecule has 0 radical (unpaired) electrons. The second kappa shape index (κ2) is 21.5. The summed E-state index contributed by atoms with van der Waals surface area (Å²) in [5, 5.41) is 5.59. The highest BCUT2D eigenvalue weighted by molar-refractivity contribution is 5.97. The molecule has 15 nitrogen and oxygen atoms in total. The fraction of sp³-hybridized carbons (Fsp3) is 0.527. The average Bonchev–Trinajstić information content (AvgIpc) is 4.14. The molecule has 15 heteroatoms. The average molecular weight is 956 g/mol. The SMILES string of the molecule is CCn1c(-c2cccnc2[C@H](C)OC)c2c3cc(ccc31)-c1cccc(c1)C[C@H](NC(=O)[C@H](C(C)C)N(C)C(=O)[C@H]1CCN(C(=O)C#C[C@H]3CCCO3)C1)C(=O)N1CCC[C@H](N1)C(=O)OCC(C)(C)C2. The molecule has 0 saturated carbocycles. The third kappa shape index (κ3) is 10.8. The summed E-state index contributed by atoms with van der Waals surface area (Å²) < 4.78 is 19.8. The minimum Gasteiger partial charge on any atom is -0.464 e. The number of hydrogen-bond donors (Lipinski definition) is 2. The lowest BCUT2D eigenvalue weighted by atomic mass is 9.84. The molecule has 2 N–H and O–H groups in total. The highest BCUT2D eigenvalue weighted by atomic mass is 16.5. The summed E-state index contributed by atoms with van der Waals surface area (Å²) in [6.07, 6.45) is 5.18. The molecule has 6 heterocycles. The molecule has 2 aromatic heterocycles. The number of hydrogen-bond acceptors (Lipinski definition) is 10. The summed E-state index contributed by atoms with van der Waals surface area (Å²) >= 11 is 0. The van der Waals surface area contributed by atoms with Crippen LogP contribution in [-0.2, 0) is 57.6 Å². The van der Waals surface area contributed by atoms with Crippen molar-refractivity contribution in [1.82, 2.24) is 35.1 Å². The van der Waals surface area contributed by atoms with Crippen LogP contribution in [0.15, 0.2) is 60.8 Å². The van der Waals surface area contributed by atoms with Gasteiger partial charge in [0.25, 0.3) is 11.8 Å². The smallest absolute Gasteiger partial charge is 0.324 e. The van der Waals surface area contributed by atoms with Crippen LogP contribution < -0.4 is 10.7 Å². The van der Waals surface area contributed by atoms with E-state index in [0.29, 0.717) is 51.9 Å². The topological polar surface area (TPSA) is 165 Å². The van der Waals surface area contributed by atoms with Crippen LogP contribution >= 0.6 is 0 Å². The second-order valence-electron chi connectivity index (χ2n) is 20.5. The molecule has 2 aromatic carbocycles. The van der Waals surface area contributed by atoms with Gasteiger partial charge in [-0.25, -0.2) is 5.43 Å². The van der Waals surface area contributed by atoms with Gasteiger partial charge < -0.3 is 33.9 Å². The minimum atomic E-state index is -1.06. The van der Waals surface area contributed by atoms with Crippen LogP contribution in [0.2, 0.25) is 0 Å². The van der Waals surface area contributed by atoms with Gasteiger partial charge in [0, 0.05) is 81.4 Å². The molecule has 0 aliphatic carbocycles. The summed E-state index contributed by atoms with van der Waals surface area (Å²) in [5.74, 6) is 2.86. The molecule has 3 saturated heterocycles. The van der Waals surface area contributed by atoms with Crippen molar-refractivity contribution in [2.45, 2.75) is 123 Å². The number of cyclic esters (lactones) is 1. The van der Waals surface area contributed by atoms with Crippen molar-refractivity contribution < 1.29 is 38.2 Å². The van der Waals surface area contributed by atoms with Gasteiger partial charge in [-0.2, -0.15) is 0 Å². The van der Waals surface area contributed by atoms with E-state index in [4.69, 9.17) is 19.2 Å². The Morgan fingerprint density at radius 2 is 1.81 bits per heavy atom. The van der Waals surface area contributed by atoms with Crippen molar-refractivity contribution in [3.05, 3.63) is 77.6 Å². The summed E-state index contributed by atoms with van der Waals surface area (Å²) in [6, 6.07) is 15.8. The summed E-state index contributed by atoms with van der Waals surface area (Å²) in [5.41, 5.74) is 10.4. The van der Waals surface area contributed by atoms with Crippen LogP contribution in [-0.4, -0.2) is 125 Å². The van der Waals surface area contributed by atoms with Gasteiger partial charge in [0.15, 0.2) is 0 Å². The number of hydrazine groups is 1. The molecule has 372 valence electrons. The zero-order chi connectivity index (χ0) is 49.9. The quantitative estimate of drug-likeness (QED) is 0.145. The Kier molecular flexibility index (Phi) is 15.5. The molecule has 3 fully saturated rings. The van der Waals surface area contributed by atoms with Gasteiger partial charge in [0.2, 0.25) is 11.8 Å². The first-order valence-electron chi connectivity index (χ1n) is 25.0. The van der Waals surface area contributed by atoms with Crippen LogP contribution in [0, 0.1) is 29.1 Å². The zero-order valence-electron chi connectivity index (χ0n) is 42.0. The first kappa shape index (κ1) is 50.3. The van der Waals surface area contributed by atoms with E-state index in [1.807, 2.05) is 39.0 Å². The minimum absolute atomic E-state index is 0.132. The second-order valence-corrected chi connectivity index (χ2v) is 20.5. The first-order valence-corrected chi connectivity index (χ1v) is 25.0. The lowest BCUT2D eigenvalue weighted by Crippen LogP contribution is -2.62. The number of rotatable bonds is 9. The van der Waals surface area contributed by atoms with Gasteiger partial charge in [-0.1, -0.05) is 63.9 Å². The Labute approximate surface area is 411 Å². The number of nitrogens with zero attached hydrogens (tertiary/aromatic N) is 5. The Balaban J connectivity index is 1.12. The van der Waals surface area contributed by atoms with E-state index in [0.717, 1.165) is 62.9 Å². The van der Waals surface area contributed by atoms with Gasteiger partial charge >= 0.3 is 5.97 Å². The molecule has 4 amide bonds. The number of likely N-dealkylation sites (tertiary alicyclic amines) is 1. The van der Waals surface area contributed by atoms with E-state index in [9.17, 15) is 24.0 Å². The van der Waals surface area contributed by atoms with Gasteiger partial charge in [-0.3, -0.25) is 34.0 Å². The molecule has 6 bridgehead atoms. The zero-order valence-corrected chi connectivity index (χ0v) is 42.0. The molecule has 4 aliphatic heterocycles. The fourth-order valence-corrected chi connectivity index (χ4v) is 10.7. The number of esters is 1. The number of nitrogens with one attached hydrogen (secondary N) is 2. The van der Waals surface area contributed by atoms with E-state index in [2.05, 4.69) is 84.3 Å². The van der Waals surface area contributed by atoms with Crippen LogP contribution in [0.25, 0.3) is 33.3 Å². The van der Waals surface area contributed by atoms with E-state index < -0.39 is 47.2 Å². The van der Waals surface area contributed by atoms with Gasteiger partial charge in [0.1, 0.15) is 24.2 Å². The molecule has 6 atom stereocenters. The van der Waals surface area contributed by atoms with Gasteiger partial charge in [0.05, 0.1) is 30.0 Å². The number of aryl methyl sites for hydroxylation is 1. The van der Waals surface area contributed by atoms with Gasteiger partial charge in [-0.05, 0) is 111 Å². The monoisotopic (exact) mass is 956 g/mol. The van der Waals surface area contributed by atoms with E-state index in [-0.39, 0.29) is 49.5 Å². The first-order chi connectivity index (χ1) is 33.6. The predicted molar refractivity (Wildman–Crippen MR) is 266 cm³/mol. The third-order valence-corrected chi connectivity index (χ3v) is 14.4. The van der Waals surface area contributed by atoms with Crippen LogP contribution in [0.1, 0.15) is 96.6 Å². The molecular formula is C55H69N7O8. The Morgan fingerprint density at radius 1 is 1.01 bits per heavy atom. The summed E-state index contributed by atoms with van der Waals surface area (Å²) in [4.78, 5) is 78.4. The molecule has 4 aliphatic rings. The van der Waals surface area contributed by atoms with Crippen molar-refractivity contribution in [3.8, 4) is 34.2 Å². The Morgan fingerprint density at radius 3 is 2.56 bits per heavy atom. The molecular weight excluding hydrogens is 887 g/mol. The van der Waals surface area contributed by atoms with Gasteiger partial charge in [-0.15, -0.1) is 0 Å². The van der Waals surface area contributed by atoms with Crippen LogP contribution in [0.4, 0.5) is 0 Å². The summed E-state index contributed by atoms with van der Waals surface area (Å²) in [6.45, 7) is 14.5. The number of amides is 4. The fourth-order valence-electron chi connectivity index (χ4n) is 10.7. The number of benzene rings is 2. The van der Waals surface area contributed by atoms with E-state index in [1.54, 1.807) is 25.3 Å². The van der Waals surface area contributed by atoms with Crippen LogP contribution in [0.5, 0.6) is 0 Å². The highest BCUT2D eigenvalue weighted by Crippen LogP contribution is 2.42. The molecule has 70 heavy (non-hydrogen) atoms. The molecule has 4 aromatic rings. The molecule has 0 unspecified atom stereocenters. The number of carbonyl (C=O) groups is 5. The lowest BCUT2D eigenvalue weighted by molar-refractivity contribution is -0.155. The number of likely N-dealkylation sites (N-methyl/N-ethyl adjacent to an activating group) is 1. The third-order valence-electron chi connectivity index (χ3n) is 14.4. The highest BCUT2D eigenvalue weighted by Gasteiger charge is 2.40. The predicted octanol–water partition coefficient (Wildman–Crippen LogP) is 6.26.